The Hall–Kier alpha value is -2.26. The Morgan fingerprint density at radius 2 is 1.79 bits per heavy atom. The zero-order chi connectivity index (χ0) is 10.4. The van der Waals surface area contributed by atoms with Crippen LogP contribution in [0.2, 0.25) is 0 Å². The van der Waals surface area contributed by atoms with Crippen LogP contribution >= 0.6 is 0 Å². The number of hydrogen-bond donors (Lipinski definition) is 0. The van der Waals surface area contributed by atoms with E-state index in [9.17, 15) is 0 Å². The lowest BCUT2D eigenvalue weighted by atomic mass is 10.3. The highest BCUT2D eigenvalue weighted by atomic mass is 15.1. The van der Waals surface area contributed by atoms with E-state index in [2.05, 4.69) is 0 Å². The summed E-state index contributed by atoms with van der Waals surface area (Å²) in [5.41, 5.74) is 1.03. The third kappa shape index (κ3) is 2.36. The normalized spacial score (nSPS) is 8.21. The van der Waals surface area contributed by atoms with Gasteiger partial charge in [-0.25, -0.2) is 0 Å². The summed E-state index contributed by atoms with van der Waals surface area (Å²) in [7, 11) is 1.80. The van der Waals surface area contributed by atoms with Gasteiger partial charge in [0.2, 0.25) is 0 Å². The van der Waals surface area contributed by atoms with Crippen molar-refractivity contribution in [3.63, 3.8) is 0 Å². The van der Waals surface area contributed by atoms with Gasteiger partial charge in [-0.05, 0) is 12.1 Å². The van der Waals surface area contributed by atoms with Crippen molar-refractivity contribution in [1.82, 2.24) is 0 Å². The van der Waals surface area contributed by atoms with Crippen molar-refractivity contribution in [2.24, 2.45) is 0 Å². The lowest BCUT2D eigenvalue weighted by Gasteiger charge is -2.12. The molecule has 0 saturated heterocycles. The van der Waals surface area contributed by atoms with Crippen molar-refractivity contribution in [2.75, 3.05) is 11.9 Å². The molecule has 0 heterocycles. The molecule has 0 fully saturated rings. The van der Waals surface area contributed by atoms with E-state index in [4.69, 9.17) is 10.5 Å². The average Bonchev–Trinajstić information content (AvgIpc) is 2.26. The maximum Gasteiger partial charge on any atom is 0.145 e. The fraction of sp³-hybridized carbons (Fsp3) is 0.0909. The van der Waals surface area contributed by atoms with Crippen LogP contribution in [0.1, 0.15) is 0 Å². The van der Waals surface area contributed by atoms with Crippen LogP contribution in [0.4, 0.5) is 5.69 Å². The number of hydrogen-bond acceptors (Lipinski definition) is 3. The van der Waals surface area contributed by atoms with Gasteiger partial charge in [-0.2, -0.15) is 10.5 Å². The number of rotatable bonds is 2. The van der Waals surface area contributed by atoms with Gasteiger partial charge in [-0.3, -0.25) is 0 Å². The molecular weight excluding hydrogens is 174 g/mol. The Morgan fingerprint density at radius 3 is 2.29 bits per heavy atom. The first kappa shape index (κ1) is 9.83. The molecule has 68 valence electrons. The predicted octanol–water partition coefficient (Wildman–Crippen LogP) is 2.05. The molecule has 0 unspecified atom stereocenters. The summed E-state index contributed by atoms with van der Waals surface area (Å²) >= 11 is 0. The Bertz CT molecular complexity index is 390. The number of benzene rings is 1. The van der Waals surface area contributed by atoms with Crippen LogP contribution < -0.4 is 4.90 Å². The number of nitriles is 2. The largest absolute Gasteiger partial charge is 0.349 e. The molecule has 0 N–H and O–H groups in total. The highest BCUT2D eigenvalue weighted by Crippen LogP contribution is 2.11. The van der Waals surface area contributed by atoms with E-state index in [1.807, 2.05) is 42.5 Å². The van der Waals surface area contributed by atoms with Crippen LogP contribution in [-0.4, -0.2) is 7.05 Å². The molecule has 0 bridgehead atoms. The first-order valence-electron chi connectivity index (χ1n) is 4.08. The van der Waals surface area contributed by atoms with Gasteiger partial charge in [0.25, 0.3) is 0 Å². The minimum Gasteiger partial charge on any atom is -0.349 e. The van der Waals surface area contributed by atoms with Crippen molar-refractivity contribution in [1.29, 1.82) is 10.5 Å². The van der Waals surface area contributed by atoms with Gasteiger partial charge in [0.1, 0.15) is 17.7 Å². The number of anilines is 1. The zero-order valence-corrected chi connectivity index (χ0v) is 7.81. The van der Waals surface area contributed by atoms with Gasteiger partial charge in [0.15, 0.2) is 0 Å². The van der Waals surface area contributed by atoms with E-state index < -0.39 is 0 Å². The van der Waals surface area contributed by atoms with Crippen LogP contribution in [0.3, 0.4) is 0 Å². The lowest BCUT2D eigenvalue weighted by Crippen LogP contribution is -2.08. The van der Waals surface area contributed by atoms with Gasteiger partial charge in [0.05, 0.1) is 0 Å². The highest BCUT2D eigenvalue weighted by Gasteiger charge is 1.98. The molecule has 0 aliphatic carbocycles. The standard InChI is InChI=1S/C11H9N3/c1-14(9-10(7-12)8-13)11-5-3-2-4-6-11/h2-6,9H,1H3. The summed E-state index contributed by atoms with van der Waals surface area (Å²) in [4.78, 5) is 1.74. The van der Waals surface area contributed by atoms with Gasteiger partial charge in [-0.1, -0.05) is 18.2 Å². The van der Waals surface area contributed by atoms with Gasteiger partial charge >= 0.3 is 0 Å². The highest BCUT2D eigenvalue weighted by molar-refractivity contribution is 5.51. The Balaban J connectivity index is 2.89. The van der Waals surface area contributed by atoms with E-state index in [0.717, 1.165) is 5.69 Å². The molecule has 1 rings (SSSR count). The molecule has 0 aliphatic heterocycles. The third-order valence-corrected chi connectivity index (χ3v) is 1.73. The van der Waals surface area contributed by atoms with Crippen molar-refractivity contribution in [3.05, 3.63) is 42.1 Å². The average molecular weight is 183 g/mol. The molecule has 0 saturated carbocycles. The molecule has 0 amide bonds. The number of para-hydroxylation sites is 1. The van der Waals surface area contributed by atoms with Crippen LogP contribution in [0.5, 0.6) is 0 Å². The van der Waals surface area contributed by atoms with Gasteiger partial charge < -0.3 is 4.90 Å². The summed E-state index contributed by atoms with van der Waals surface area (Å²) in [5, 5.41) is 17.1. The summed E-state index contributed by atoms with van der Waals surface area (Å²) in [6.07, 6.45) is 1.51. The van der Waals surface area contributed by atoms with Crippen LogP contribution in [0, 0.1) is 22.7 Å². The Kier molecular flexibility index (Phi) is 3.29. The quantitative estimate of drug-likeness (QED) is 0.659. The number of nitrogens with zero attached hydrogens (tertiary/aromatic N) is 3. The molecule has 14 heavy (non-hydrogen) atoms. The summed E-state index contributed by atoms with van der Waals surface area (Å²) in [6, 6.07) is 13.1. The number of allylic oxidation sites excluding steroid dienone is 1. The fourth-order valence-electron chi connectivity index (χ4n) is 1.01. The van der Waals surface area contributed by atoms with Crippen LogP contribution in [0.15, 0.2) is 42.1 Å². The van der Waals surface area contributed by atoms with Crippen molar-refractivity contribution in [3.8, 4) is 12.1 Å². The molecule has 0 radical (unpaired) electrons. The Morgan fingerprint density at radius 1 is 1.21 bits per heavy atom. The molecule has 0 spiro atoms. The molecule has 1 aromatic rings. The second-order valence-electron chi connectivity index (χ2n) is 2.71. The maximum absolute atomic E-state index is 8.55. The minimum absolute atomic E-state index is 0.0938. The third-order valence-electron chi connectivity index (χ3n) is 1.73. The van der Waals surface area contributed by atoms with Gasteiger partial charge in [-0.15, -0.1) is 0 Å². The monoisotopic (exact) mass is 183 g/mol. The molecule has 0 aliphatic rings. The summed E-state index contributed by atoms with van der Waals surface area (Å²) in [6.45, 7) is 0. The van der Waals surface area contributed by atoms with Crippen LogP contribution in [-0.2, 0) is 0 Å². The zero-order valence-electron chi connectivity index (χ0n) is 7.81. The molecular formula is C11H9N3. The topological polar surface area (TPSA) is 50.8 Å². The first-order chi connectivity index (χ1) is 6.77. The predicted molar refractivity (Wildman–Crippen MR) is 54.2 cm³/mol. The summed E-state index contributed by atoms with van der Waals surface area (Å²) < 4.78 is 0. The second-order valence-corrected chi connectivity index (χ2v) is 2.71. The van der Waals surface area contributed by atoms with E-state index in [1.165, 1.54) is 6.20 Å². The minimum atomic E-state index is 0.0938. The molecule has 3 heteroatoms. The Labute approximate surface area is 83.1 Å². The fourth-order valence-corrected chi connectivity index (χ4v) is 1.01. The van der Waals surface area contributed by atoms with E-state index in [0.29, 0.717) is 0 Å². The van der Waals surface area contributed by atoms with Crippen molar-refractivity contribution >= 4 is 5.69 Å². The van der Waals surface area contributed by atoms with Gasteiger partial charge in [0, 0.05) is 18.9 Å². The smallest absolute Gasteiger partial charge is 0.145 e. The van der Waals surface area contributed by atoms with E-state index in [1.54, 1.807) is 11.9 Å². The first-order valence-corrected chi connectivity index (χ1v) is 4.08. The van der Waals surface area contributed by atoms with Crippen molar-refractivity contribution < 1.29 is 0 Å². The van der Waals surface area contributed by atoms with Crippen LogP contribution in [0.25, 0.3) is 0 Å². The lowest BCUT2D eigenvalue weighted by molar-refractivity contribution is 1.19. The van der Waals surface area contributed by atoms with E-state index in [-0.39, 0.29) is 5.57 Å². The SMILES string of the molecule is CN(C=C(C#N)C#N)c1ccccc1. The maximum atomic E-state index is 8.55. The van der Waals surface area contributed by atoms with Crippen molar-refractivity contribution in [2.45, 2.75) is 0 Å². The molecule has 3 nitrogen and oxygen atoms in total. The molecule has 0 aromatic heterocycles. The second kappa shape index (κ2) is 4.69. The summed E-state index contributed by atoms with van der Waals surface area (Å²) in [5.74, 6) is 0. The molecule has 0 atom stereocenters. The molecule has 1 aromatic carbocycles. The van der Waals surface area contributed by atoms with E-state index >= 15 is 0 Å².